The van der Waals surface area contributed by atoms with E-state index in [0.717, 1.165) is 22.3 Å². The number of hydrogen-bond donors (Lipinski definition) is 0. The maximum Gasteiger partial charge on any atom is 0.137 e. The average molecular weight is 307 g/mol. The monoisotopic (exact) mass is 307 g/mol. The molecule has 23 heavy (non-hydrogen) atoms. The first kappa shape index (κ1) is 18.5. The second-order valence-corrected chi connectivity index (χ2v) is 5.76. The highest BCUT2D eigenvalue weighted by Gasteiger charge is 2.05. The van der Waals surface area contributed by atoms with Crippen LogP contribution in [0.2, 0.25) is 0 Å². The van der Waals surface area contributed by atoms with E-state index in [-0.39, 0.29) is 6.10 Å². The fourth-order valence-electron chi connectivity index (χ4n) is 1.89. The fourth-order valence-corrected chi connectivity index (χ4v) is 1.89. The lowest BCUT2D eigenvalue weighted by molar-refractivity contribution is 0.241. The quantitative estimate of drug-likeness (QED) is 0.620. The van der Waals surface area contributed by atoms with E-state index < -0.39 is 0 Å². The van der Waals surface area contributed by atoms with Crippen LogP contribution in [0.4, 0.5) is 0 Å². The van der Waals surface area contributed by atoms with E-state index in [9.17, 15) is 5.26 Å². The highest BCUT2D eigenvalue weighted by Crippen LogP contribution is 2.22. The standard InChI is InChI=1S/C21H25NO/c1-7-18(12-17(6)15(2)3)8-9-19-10-11-21(23-16(4)5)20(13-19)14-22/h7-13,16H,2H2,1,3-6H3/b9-8+,17-12-,18-7-. The molecule has 0 unspecified atom stereocenters. The Morgan fingerprint density at radius 2 is 2.00 bits per heavy atom. The molecule has 0 radical (unpaired) electrons. The number of nitriles is 1. The van der Waals surface area contributed by atoms with Crippen molar-refractivity contribution in [3.8, 4) is 11.8 Å². The SMILES string of the molecule is C=C(C)\C(C)=C/C(=C\C)/C=C/c1ccc(OC(C)C)c(C#N)c1. The van der Waals surface area contributed by atoms with Gasteiger partial charge in [-0.2, -0.15) is 5.26 Å². The van der Waals surface area contributed by atoms with E-state index in [4.69, 9.17) is 4.74 Å². The summed E-state index contributed by atoms with van der Waals surface area (Å²) in [6, 6.07) is 7.84. The molecule has 0 aliphatic carbocycles. The van der Waals surface area contributed by atoms with Gasteiger partial charge >= 0.3 is 0 Å². The van der Waals surface area contributed by atoms with E-state index in [1.807, 2.05) is 71.0 Å². The molecule has 0 aliphatic heterocycles. The van der Waals surface area contributed by atoms with Gasteiger partial charge in [0.15, 0.2) is 0 Å². The van der Waals surface area contributed by atoms with Crippen LogP contribution in [-0.4, -0.2) is 6.10 Å². The largest absolute Gasteiger partial charge is 0.490 e. The number of benzene rings is 1. The second kappa shape index (κ2) is 8.80. The highest BCUT2D eigenvalue weighted by molar-refractivity contribution is 5.59. The summed E-state index contributed by atoms with van der Waals surface area (Å²) in [6.07, 6.45) is 8.22. The Hall–Kier alpha value is -2.53. The molecule has 0 aliphatic rings. The number of hydrogen-bond acceptors (Lipinski definition) is 2. The molecule has 1 aromatic rings. The lowest BCUT2D eigenvalue weighted by atomic mass is 10.1. The zero-order valence-corrected chi connectivity index (χ0v) is 14.7. The summed E-state index contributed by atoms with van der Waals surface area (Å²) in [5.74, 6) is 0.629. The molecule has 1 aromatic carbocycles. The minimum atomic E-state index is 0.0494. The van der Waals surface area contributed by atoms with Crippen molar-refractivity contribution in [2.45, 2.75) is 40.7 Å². The van der Waals surface area contributed by atoms with Gasteiger partial charge in [0.2, 0.25) is 0 Å². The zero-order valence-electron chi connectivity index (χ0n) is 14.7. The van der Waals surface area contributed by atoms with Crippen molar-refractivity contribution in [3.63, 3.8) is 0 Å². The van der Waals surface area contributed by atoms with E-state index in [0.29, 0.717) is 11.3 Å². The Bertz CT molecular complexity index is 697. The number of allylic oxidation sites excluding steroid dienone is 6. The van der Waals surface area contributed by atoms with Crippen molar-refractivity contribution >= 4 is 6.08 Å². The van der Waals surface area contributed by atoms with Crippen molar-refractivity contribution in [2.24, 2.45) is 0 Å². The molecule has 2 nitrogen and oxygen atoms in total. The third-order valence-electron chi connectivity index (χ3n) is 3.34. The van der Waals surface area contributed by atoms with Crippen LogP contribution < -0.4 is 4.74 Å². The molecule has 0 bridgehead atoms. The van der Waals surface area contributed by atoms with Crippen LogP contribution >= 0.6 is 0 Å². The molecule has 0 N–H and O–H groups in total. The van der Waals surface area contributed by atoms with Crippen molar-refractivity contribution in [3.05, 3.63) is 70.9 Å². The normalized spacial score (nSPS) is 12.6. The van der Waals surface area contributed by atoms with Gasteiger partial charge in [-0.15, -0.1) is 0 Å². The second-order valence-electron chi connectivity index (χ2n) is 5.76. The topological polar surface area (TPSA) is 33.0 Å². The van der Waals surface area contributed by atoms with Crippen molar-refractivity contribution in [2.75, 3.05) is 0 Å². The van der Waals surface area contributed by atoms with Gasteiger partial charge in [0.1, 0.15) is 11.8 Å². The molecule has 0 saturated carbocycles. The van der Waals surface area contributed by atoms with Crippen molar-refractivity contribution < 1.29 is 4.74 Å². The third-order valence-corrected chi connectivity index (χ3v) is 3.34. The molecule has 2 heteroatoms. The minimum Gasteiger partial charge on any atom is -0.490 e. The van der Waals surface area contributed by atoms with Crippen LogP contribution in [0.5, 0.6) is 5.75 Å². The predicted octanol–water partition coefficient (Wildman–Crippen LogP) is 5.83. The summed E-state index contributed by atoms with van der Waals surface area (Å²) in [4.78, 5) is 0. The van der Waals surface area contributed by atoms with Gasteiger partial charge in [-0.3, -0.25) is 0 Å². The van der Waals surface area contributed by atoms with Crippen LogP contribution in [-0.2, 0) is 0 Å². The summed E-state index contributed by atoms with van der Waals surface area (Å²) < 4.78 is 5.64. The van der Waals surface area contributed by atoms with Gasteiger partial charge in [-0.1, -0.05) is 42.5 Å². The summed E-state index contributed by atoms with van der Waals surface area (Å²) in [5, 5.41) is 9.27. The molecule has 0 amide bonds. The van der Waals surface area contributed by atoms with Gasteiger partial charge in [0.05, 0.1) is 11.7 Å². The van der Waals surface area contributed by atoms with Gasteiger partial charge in [-0.25, -0.2) is 0 Å². The number of ether oxygens (including phenoxy) is 1. The van der Waals surface area contributed by atoms with Crippen molar-refractivity contribution in [1.82, 2.24) is 0 Å². The Morgan fingerprint density at radius 1 is 1.30 bits per heavy atom. The van der Waals surface area contributed by atoms with Gasteiger partial charge in [0, 0.05) is 0 Å². The summed E-state index contributed by atoms with van der Waals surface area (Å²) in [7, 11) is 0. The van der Waals surface area contributed by atoms with Crippen LogP contribution in [0.25, 0.3) is 6.08 Å². The molecule has 0 atom stereocenters. The fraction of sp³-hybridized carbons (Fsp3) is 0.286. The Labute approximate surface area is 140 Å². The lowest BCUT2D eigenvalue weighted by Crippen LogP contribution is -2.06. The Morgan fingerprint density at radius 3 is 2.52 bits per heavy atom. The van der Waals surface area contributed by atoms with Crippen LogP contribution in [0.15, 0.2) is 59.7 Å². The molecule has 0 spiro atoms. The van der Waals surface area contributed by atoms with E-state index in [1.54, 1.807) is 0 Å². The molecule has 120 valence electrons. The maximum atomic E-state index is 9.27. The maximum absolute atomic E-state index is 9.27. The van der Waals surface area contributed by atoms with Crippen LogP contribution in [0, 0.1) is 11.3 Å². The molecule has 1 rings (SSSR count). The van der Waals surface area contributed by atoms with Crippen LogP contribution in [0.3, 0.4) is 0 Å². The first-order valence-electron chi connectivity index (χ1n) is 7.76. The van der Waals surface area contributed by atoms with E-state index in [2.05, 4.69) is 18.7 Å². The first-order chi connectivity index (χ1) is 10.9. The Balaban J connectivity index is 3.03. The van der Waals surface area contributed by atoms with Gasteiger partial charge in [0.25, 0.3) is 0 Å². The third kappa shape index (κ3) is 6.00. The summed E-state index contributed by atoms with van der Waals surface area (Å²) in [5.41, 5.74) is 4.84. The number of nitrogens with zero attached hydrogens (tertiary/aromatic N) is 1. The predicted molar refractivity (Wildman–Crippen MR) is 98.3 cm³/mol. The van der Waals surface area contributed by atoms with E-state index >= 15 is 0 Å². The zero-order chi connectivity index (χ0) is 17.4. The van der Waals surface area contributed by atoms with Gasteiger partial charge in [-0.05, 0) is 63.5 Å². The molecular formula is C21H25NO. The van der Waals surface area contributed by atoms with Crippen molar-refractivity contribution in [1.29, 1.82) is 5.26 Å². The Kier molecular flexibility index (Phi) is 7.09. The molecule has 0 heterocycles. The first-order valence-corrected chi connectivity index (χ1v) is 7.76. The number of rotatable bonds is 6. The summed E-state index contributed by atoms with van der Waals surface area (Å²) in [6.45, 7) is 13.9. The smallest absolute Gasteiger partial charge is 0.137 e. The molecule has 0 fully saturated rings. The molecule has 0 aromatic heterocycles. The highest BCUT2D eigenvalue weighted by atomic mass is 16.5. The minimum absolute atomic E-state index is 0.0494. The van der Waals surface area contributed by atoms with Gasteiger partial charge < -0.3 is 4.74 Å². The van der Waals surface area contributed by atoms with Crippen LogP contribution in [0.1, 0.15) is 45.7 Å². The molecule has 0 saturated heterocycles. The summed E-state index contributed by atoms with van der Waals surface area (Å²) >= 11 is 0. The molecular weight excluding hydrogens is 282 g/mol. The average Bonchev–Trinajstić information content (AvgIpc) is 2.51. The van der Waals surface area contributed by atoms with E-state index in [1.165, 1.54) is 0 Å². The lowest BCUT2D eigenvalue weighted by Gasteiger charge is -2.11.